The fraction of sp³-hybridized carbons (Fsp3) is 0.455. The summed E-state index contributed by atoms with van der Waals surface area (Å²) >= 11 is 0. The molecule has 0 aromatic heterocycles. The molecule has 0 aliphatic carbocycles. The molecule has 2 aromatic carbocycles. The fourth-order valence-corrected chi connectivity index (χ4v) is 4.95. The van der Waals surface area contributed by atoms with Gasteiger partial charge in [0.05, 0.1) is 19.7 Å². The van der Waals surface area contributed by atoms with E-state index in [1.165, 1.54) is 23.1 Å². The van der Waals surface area contributed by atoms with Gasteiger partial charge in [-0.05, 0) is 76.9 Å². The van der Waals surface area contributed by atoms with Crippen LogP contribution in [0.2, 0.25) is 0 Å². The van der Waals surface area contributed by atoms with E-state index >= 15 is 0 Å². The summed E-state index contributed by atoms with van der Waals surface area (Å²) in [6.07, 6.45) is -5.45. The average molecular weight is 650 g/mol. The van der Waals surface area contributed by atoms with Crippen LogP contribution in [0.3, 0.4) is 0 Å². The Labute approximate surface area is 273 Å². The molecular weight excluding hydrogens is 610 g/mol. The van der Waals surface area contributed by atoms with Crippen molar-refractivity contribution in [2.24, 2.45) is 0 Å². The number of nitrogens with zero attached hydrogens (tertiary/aromatic N) is 4. The molecule has 2 heterocycles. The van der Waals surface area contributed by atoms with Crippen molar-refractivity contribution >= 4 is 47.0 Å². The van der Waals surface area contributed by atoms with E-state index in [1.54, 1.807) is 71.7 Å². The van der Waals surface area contributed by atoms with Gasteiger partial charge < -0.3 is 34.4 Å². The Morgan fingerprint density at radius 2 is 1.70 bits per heavy atom. The first-order valence-corrected chi connectivity index (χ1v) is 14.9. The van der Waals surface area contributed by atoms with Crippen molar-refractivity contribution in [3.63, 3.8) is 0 Å². The number of carbonyl (C=O) groups excluding carboxylic acids is 5. The van der Waals surface area contributed by atoms with Crippen LogP contribution in [0.25, 0.3) is 4.85 Å². The highest BCUT2D eigenvalue weighted by Crippen LogP contribution is 2.30. The van der Waals surface area contributed by atoms with Crippen LogP contribution in [0, 0.1) is 6.57 Å². The molecular formula is C33H39N5O9. The van der Waals surface area contributed by atoms with E-state index < -0.39 is 54.0 Å². The summed E-state index contributed by atoms with van der Waals surface area (Å²) in [6.45, 7) is 17.6. The number of hydrogen-bond donors (Lipinski definition) is 2. The second-order valence-corrected chi connectivity index (χ2v) is 13.2. The number of carbonyl (C=O) groups is 5. The van der Waals surface area contributed by atoms with Gasteiger partial charge in [-0.3, -0.25) is 14.4 Å². The van der Waals surface area contributed by atoms with Gasteiger partial charge in [0.25, 0.3) is 17.7 Å². The van der Waals surface area contributed by atoms with E-state index in [0.29, 0.717) is 22.7 Å². The molecule has 0 radical (unpaired) electrons. The van der Waals surface area contributed by atoms with Gasteiger partial charge in [-0.1, -0.05) is 12.1 Å². The Balaban J connectivity index is 1.52. The summed E-state index contributed by atoms with van der Waals surface area (Å²) in [5, 5.41) is 13.4. The Morgan fingerprint density at radius 1 is 1.06 bits per heavy atom. The number of morpholine rings is 1. The minimum absolute atomic E-state index is 0.0285. The topological polar surface area (TPSA) is 159 Å². The molecule has 4 rings (SSSR count). The Hall–Kier alpha value is -5.00. The summed E-state index contributed by atoms with van der Waals surface area (Å²) in [6, 6.07) is 9.24. The van der Waals surface area contributed by atoms with E-state index in [4.69, 9.17) is 20.8 Å². The number of anilines is 2. The van der Waals surface area contributed by atoms with Crippen LogP contribution in [0.15, 0.2) is 36.4 Å². The van der Waals surface area contributed by atoms with Crippen molar-refractivity contribution < 1.29 is 43.3 Å². The van der Waals surface area contributed by atoms with E-state index in [0.717, 1.165) is 5.56 Å². The molecule has 1 fully saturated rings. The number of rotatable bonds is 6. The lowest BCUT2D eigenvalue weighted by Gasteiger charge is -2.34. The van der Waals surface area contributed by atoms with Crippen molar-refractivity contribution in [3.8, 4) is 0 Å². The van der Waals surface area contributed by atoms with Gasteiger partial charge in [0, 0.05) is 37.1 Å². The molecule has 2 aliphatic heterocycles. The maximum atomic E-state index is 13.4. The third-order valence-electron chi connectivity index (χ3n) is 7.09. The van der Waals surface area contributed by atoms with E-state index in [-0.39, 0.29) is 36.0 Å². The first-order chi connectivity index (χ1) is 21.9. The van der Waals surface area contributed by atoms with Crippen LogP contribution in [-0.4, -0.2) is 88.4 Å². The molecule has 47 heavy (non-hydrogen) atoms. The van der Waals surface area contributed by atoms with E-state index in [9.17, 15) is 29.1 Å². The van der Waals surface area contributed by atoms with Crippen LogP contribution >= 0.6 is 0 Å². The SMILES string of the molecule is [C-]#[N+]c1ccc(NC(=O)[C@H](O)[C@H]2OCCN(c3ccc4c(c3)C(=O)N(C)C4)C2=O)cc1CN(C(=O)OC(C)(C)C)C(=O)OC(C)(C)C. The smallest absolute Gasteiger partial charge is 0.420 e. The number of aliphatic hydroxyl groups excluding tert-OH is 1. The summed E-state index contributed by atoms with van der Waals surface area (Å²) in [7, 11) is 1.68. The number of nitrogens with one attached hydrogen (secondary N) is 1. The minimum Gasteiger partial charge on any atom is -0.443 e. The second-order valence-electron chi connectivity index (χ2n) is 13.2. The predicted octanol–water partition coefficient (Wildman–Crippen LogP) is 4.23. The molecule has 5 amide bonds. The molecule has 2 N–H and O–H groups in total. The number of benzene rings is 2. The zero-order chi connectivity index (χ0) is 34.8. The standard InChI is InChI=1S/C33H39N5O9/c1-32(2,3)46-30(43)38(31(44)47-33(4,5)6)18-20-15-21(10-12-24(20)34-7)35-27(40)25(39)26-29(42)37(13-14-45-26)22-11-9-19-17-36(8)28(41)23(19)16-22/h9-12,15-16,25-26,39H,13-14,17-18H2,1-6,8H3,(H,35,40)/t25-,26-/m1/s1. The molecule has 14 heteroatoms. The highest BCUT2D eigenvalue weighted by Gasteiger charge is 2.40. The average Bonchev–Trinajstić information content (AvgIpc) is 3.26. The van der Waals surface area contributed by atoms with Crippen molar-refractivity contribution in [1.29, 1.82) is 0 Å². The Bertz CT molecular complexity index is 1610. The normalized spacial score (nSPS) is 17.0. The van der Waals surface area contributed by atoms with Crippen molar-refractivity contribution in [2.45, 2.75) is 78.0 Å². The number of aliphatic hydroxyl groups is 1. The van der Waals surface area contributed by atoms with E-state index in [2.05, 4.69) is 10.2 Å². The van der Waals surface area contributed by atoms with Gasteiger partial charge in [0.15, 0.2) is 17.9 Å². The van der Waals surface area contributed by atoms with E-state index in [1.807, 2.05) is 0 Å². The molecule has 0 spiro atoms. The van der Waals surface area contributed by atoms with Crippen LogP contribution in [0.5, 0.6) is 0 Å². The van der Waals surface area contributed by atoms with Gasteiger partial charge in [-0.15, -0.1) is 0 Å². The third-order valence-corrected chi connectivity index (χ3v) is 7.09. The number of hydrogen-bond acceptors (Lipinski definition) is 9. The minimum atomic E-state index is -1.92. The lowest BCUT2D eigenvalue weighted by atomic mass is 10.1. The monoisotopic (exact) mass is 649 g/mol. The van der Waals surface area contributed by atoms with Crippen molar-refractivity contribution in [2.75, 3.05) is 30.4 Å². The number of fused-ring (bicyclic) bond motifs is 1. The molecule has 14 nitrogen and oxygen atoms in total. The maximum Gasteiger partial charge on any atom is 0.420 e. The van der Waals surface area contributed by atoms with Gasteiger partial charge in [-0.2, -0.15) is 0 Å². The van der Waals surface area contributed by atoms with Gasteiger partial charge in [0.1, 0.15) is 11.2 Å². The zero-order valence-electron chi connectivity index (χ0n) is 27.4. The largest absolute Gasteiger partial charge is 0.443 e. The Kier molecular flexibility index (Phi) is 9.93. The summed E-state index contributed by atoms with van der Waals surface area (Å²) in [5.74, 6) is -1.79. The number of amides is 5. The summed E-state index contributed by atoms with van der Waals surface area (Å²) < 4.78 is 16.3. The highest BCUT2D eigenvalue weighted by molar-refractivity contribution is 6.05. The second kappa shape index (κ2) is 13.4. The summed E-state index contributed by atoms with van der Waals surface area (Å²) in [5.41, 5.74) is 0.266. The number of ether oxygens (including phenoxy) is 3. The first kappa shape index (κ1) is 34.9. The molecule has 2 aliphatic rings. The van der Waals surface area contributed by atoms with Crippen LogP contribution in [-0.2, 0) is 36.9 Å². The Morgan fingerprint density at radius 3 is 2.30 bits per heavy atom. The lowest BCUT2D eigenvalue weighted by molar-refractivity contribution is -0.150. The lowest BCUT2D eigenvalue weighted by Crippen LogP contribution is -2.55. The molecule has 250 valence electrons. The molecule has 0 saturated carbocycles. The van der Waals surface area contributed by atoms with Crippen molar-refractivity contribution in [3.05, 3.63) is 64.5 Å². The van der Waals surface area contributed by atoms with Crippen LogP contribution in [0.1, 0.15) is 63.0 Å². The maximum absolute atomic E-state index is 13.4. The highest BCUT2D eigenvalue weighted by atomic mass is 16.6. The van der Waals surface area contributed by atoms with Crippen LogP contribution in [0.4, 0.5) is 26.7 Å². The predicted molar refractivity (Wildman–Crippen MR) is 170 cm³/mol. The fourth-order valence-electron chi connectivity index (χ4n) is 4.95. The van der Waals surface area contributed by atoms with Gasteiger partial charge in [0.2, 0.25) is 0 Å². The van der Waals surface area contributed by atoms with Crippen LogP contribution < -0.4 is 10.2 Å². The third kappa shape index (κ3) is 8.24. The molecule has 0 bridgehead atoms. The van der Waals surface area contributed by atoms with Crippen molar-refractivity contribution in [1.82, 2.24) is 9.80 Å². The molecule has 0 unspecified atom stereocenters. The van der Waals surface area contributed by atoms with Gasteiger partial charge in [-0.25, -0.2) is 19.3 Å². The molecule has 1 saturated heterocycles. The van der Waals surface area contributed by atoms with Gasteiger partial charge >= 0.3 is 12.2 Å². The quantitative estimate of drug-likeness (QED) is 0.437. The molecule has 2 aromatic rings. The number of imide groups is 1. The zero-order valence-corrected chi connectivity index (χ0v) is 27.4. The molecule has 2 atom stereocenters. The summed E-state index contributed by atoms with van der Waals surface area (Å²) in [4.78, 5) is 72.2. The first-order valence-electron chi connectivity index (χ1n) is 14.9.